The monoisotopic (exact) mass is 583 g/mol. The second-order valence-electron chi connectivity index (χ2n) is 9.26. The minimum atomic E-state index is -0.701. The normalized spacial score (nSPS) is 11.1. The summed E-state index contributed by atoms with van der Waals surface area (Å²) in [6, 6.07) is 14.7. The summed E-state index contributed by atoms with van der Waals surface area (Å²) in [4.78, 5) is 29.2. The van der Waals surface area contributed by atoms with Gasteiger partial charge in [-0.15, -0.1) is 0 Å². The van der Waals surface area contributed by atoms with Crippen molar-refractivity contribution < 1.29 is 28.1 Å². The molecule has 6 rings (SSSR count). The van der Waals surface area contributed by atoms with Gasteiger partial charge in [-0.25, -0.2) is 23.7 Å². The third-order valence-electron chi connectivity index (χ3n) is 6.58. The molecule has 216 valence electrons. The van der Waals surface area contributed by atoms with E-state index in [-0.39, 0.29) is 41.5 Å². The summed E-state index contributed by atoms with van der Waals surface area (Å²) in [6.07, 6.45) is 4.35. The Kier molecular flexibility index (Phi) is 7.50. The number of H-pyrrole nitrogens is 1. The Bertz CT molecular complexity index is 2020. The Morgan fingerprint density at radius 1 is 0.953 bits per heavy atom. The van der Waals surface area contributed by atoms with Crippen molar-refractivity contribution in [3.63, 3.8) is 0 Å². The number of hydrogen-bond donors (Lipinski definition) is 3. The number of aromatic nitrogens is 4. The predicted molar refractivity (Wildman–Crippen MR) is 156 cm³/mol. The van der Waals surface area contributed by atoms with Gasteiger partial charge in [-0.1, -0.05) is 12.1 Å². The van der Waals surface area contributed by atoms with Gasteiger partial charge in [-0.05, 0) is 42.0 Å². The summed E-state index contributed by atoms with van der Waals surface area (Å²) in [5.41, 5.74) is 1.84. The molecule has 3 aromatic carbocycles. The number of halogens is 2. The van der Waals surface area contributed by atoms with Crippen molar-refractivity contribution in [2.75, 3.05) is 25.6 Å². The zero-order chi connectivity index (χ0) is 29.9. The Hall–Kier alpha value is -5.62. The number of aliphatic hydroxyl groups excluding tert-OH is 1. The van der Waals surface area contributed by atoms with Crippen molar-refractivity contribution in [2.24, 2.45) is 0 Å². The van der Waals surface area contributed by atoms with Gasteiger partial charge in [0.1, 0.15) is 24.6 Å². The molecule has 0 bridgehead atoms. The minimum absolute atomic E-state index is 0.0694. The van der Waals surface area contributed by atoms with E-state index in [0.29, 0.717) is 44.7 Å². The quantitative estimate of drug-likeness (QED) is 0.195. The van der Waals surface area contributed by atoms with E-state index < -0.39 is 11.6 Å². The Balaban J connectivity index is 1.30. The molecule has 10 nitrogen and oxygen atoms in total. The maximum atomic E-state index is 15.3. The maximum absolute atomic E-state index is 15.3. The lowest BCUT2D eigenvalue weighted by Gasteiger charge is -2.14. The lowest BCUT2D eigenvalue weighted by molar-refractivity contribution is 0.196. The summed E-state index contributed by atoms with van der Waals surface area (Å²) >= 11 is 0. The van der Waals surface area contributed by atoms with Gasteiger partial charge in [-0.2, -0.15) is 0 Å². The zero-order valence-corrected chi connectivity index (χ0v) is 22.6. The van der Waals surface area contributed by atoms with Crippen LogP contribution in [0.3, 0.4) is 0 Å². The summed E-state index contributed by atoms with van der Waals surface area (Å²) in [7, 11) is 1.46. The van der Waals surface area contributed by atoms with Crippen LogP contribution in [0.1, 0.15) is 0 Å². The number of rotatable bonds is 9. The zero-order valence-electron chi connectivity index (χ0n) is 22.6. The highest BCUT2D eigenvalue weighted by atomic mass is 19.1. The lowest BCUT2D eigenvalue weighted by atomic mass is 10.0. The highest BCUT2D eigenvalue weighted by Crippen LogP contribution is 2.37. The molecule has 0 aliphatic carbocycles. The molecule has 0 fully saturated rings. The van der Waals surface area contributed by atoms with Crippen molar-refractivity contribution in [1.29, 1.82) is 0 Å². The minimum Gasteiger partial charge on any atom is -0.493 e. The molecule has 0 spiro atoms. The average molecular weight is 584 g/mol. The van der Waals surface area contributed by atoms with Gasteiger partial charge < -0.3 is 29.6 Å². The molecular formula is C31H23F2N5O5. The van der Waals surface area contributed by atoms with Crippen LogP contribution in [0, 0.1) is 11.6 Å². The standard InChI is InChI=1S/C31H23F2N5O5/c1-41-26-13-20-24(14-27(26)42-11-10-39)36-16-37-31(20)43-25-7-6-19(12-22(25)33)38-30-28-23(8-9-34-30)35-15-21(29(28)40)17-2-4-18(32)5-3-17/h2-9,12-16,39H,10-11H2,1H3,(H,34,38)(H,35,40). The van der Waals surface area contributed by atoms with Gasteiger partial charge in [0.15, 0.2) is 23.1 Å². The van der Waals surface area contributed by atoms with Crippen molar-refractivity contribution in [3.8, 4) is 34.3 Å². The number of fused-ring (bicyclic) bond motifs is 2. The number of benzene rings is 3. The van der Waals surface area contributed by atoms with Crippen LogP contribution in [0.2, 0.25) is 0 Å². The van der Waals surface area contributed by atoms with Gasteiger partial charge in [0.2, 0.25) is 11.3 Å². The number of aliphatic hydroxyl groups is 1. The molecule has 0 aliphatic heterocycles. The van der Waals surface area contributed by atoms with Crippen LogP contribution >= 0.6 is 0 Å². The van der Waals surface area contributed by atoms with E-state index in [2.05, 4.69) is 25.3 Å². The highest BCUT2D eigenvalue weighted by molar-refractivity contribution is 5.93. The predicted octanol–water partition coefficient (Wildman–Crippen LogP) is 5.73. The smallest absolute Gasteiger partial charge is 0.230 e. The second kappa shape index (κ2) is 11.7. The second-order valence-corrected chi connectivity index (χ2v) is 9.26. The molecule has 12 heteroatoms. The van der Waals surface area contributed by atoms with Gasteiger partial charge in [0, 0.05) is 35.8 Å². The van der Waals surface area contributed by atoms with Crippen LogP contribution in [-0.2, 0) is 0 Å². The fourth-order valence-electron chi connectivity index (χ4n) is 4.55. The third kappa shape index (κ3) is 5.51. The first kappa shape index (κ1) is 27.5. The van der Waals surface area contributed by atoms with E-state index in [1.165, 1.54) is 56.0 Å². The number of methoxy groups -OCH3 is 1. The van der Waals surface area contributed by atoms with Crippen LogP contribution in [-0.4, -0.2) is 45.4 Å². The molecule has 3 aromatic heterocycles. The summed E-state index contributed by atoms with van der Waals surface area (Å²) < 4.78 is 45.4. The topological polar surface area (TPSA) is 131 Å². The van der Waals surface area contributed by atoms with Crippen molar-refractivity contribution in [3.05, 3.63) is 101 Å². The Morgan fingerprint density at radius 3 is 2.56 bits per heavy atom. The number of anilines is 2. The fourth-order valence-corrected chi connectivity index (χ4v) is 4.55. The summed E-state index contributed by atoms with van der Waals surface area (Å²) in [5.74, 6) is -0.178. The van der Waals surface area contributed by atoms with Crippen LogP contribution in [0.4, 0.5) is 20.3 Å². The van der Waals surface area contributed by atoms with Crippen molar-refractivity contribution in [2.45, 2.75) is 0 Å². The van der Waals surface area contributed by atoms with Gasteiger partial charge in [-0.3, -0.25) is 4.79 Å². The van der Waals surface area contributed by atoms with Crippen LogP contribution in [0.5, 0.6) is 23.1 Å². The highest BCUT2D eigenvalue weighted by Gasteiger charge is 2.16. The van der Waals surface area contributed by atoms with Crippen LogP contribution in [0.25, 0.3) is 32.9 Å². The summed E-state index contributed by atoms with van der Waals surface area (Å²) in [6.45, 7) is -0.104. The molecule has 0 saturated carbocycles. The van der Waals surface area contributed by atoms with Gasteiger partial charge in [0.05, 0.1) is 35.5 Å². The first-order valence-corrected chi connectivity index (χ1v) is 13.0. The van der Waals surface area contributed by atoms with Crippen molar-refractivity contribution in [1.82, 2.24) is 19.9 Å². The molecule has 0 aliphatic rings. The molecule has 3 N–H and O–H groups in total. The largest absolute Gasteiger partial charge is 0.493 e. The Morgan fingerprint density at radius 2 is 1.79 bits per heavy atom. The third-order valence-corrected chi connectivity index (χ3v) is 6.58. The molecule has 3 heterocycles. The maximum Gasteiger partial charge on any atom is 0.230 e. The molecular weight excluding hydrogens is 560 g/mol. The van der Waals surface area contributed by atoms with Gasteiger partial charge >= 0.3 is 0 Å². The van der Waals surface area contributed by atoms with E-state index in [0.717, 1.165) is 0 Å². The average Bonchev–Trinajstić information content (AvgIpc) is 3.02. The SMILES string of the molecule is COc1cc2c(Oc3ccc(Nc4nccc5[nH]cc(-c6ccc(F)cc6)c(=O)c45)cc3F)ncnc2cc1OCCO. The number of nitrogens with zero attached hydrogens (tertiary/aromatic N) is 3. The molecule has 0 radical (unpaired) electrons. The number of pyridine rings is 2. The van der Waals surface area contributed by atoms with E-state index in [9.17, 15) is 9.18 Å². The molecule has 0 saturated heterocycles. The van der Waals surface area contributed by atoms with E-state index >= 15 is 4.39 Å². The molecule has 43 heavy (non-hydrogen) atoms. The number of nitrogens with one attached hydrogen (secondary N) is 2. The van der Waals surface area contributed by atoms with E-state index in [1.807, 2.05) is 0 Å². The molecule has 0 atom stereocenters. The van der Waals surface area contributed by atoms with Crippen molar-refractivity contribution >= 4 is 33.3 Å². The van der Waals surface area contributed by atoms with Crippen LogP contribution in [0.15, 0.2) is 84.2 Å². The Labute approximate surface area is 242 Å². The number of aromatic amines is 1. The molecule has 0 amide bonds. The van der Waals surface area contributed by atoms with E-state index in [4.69, 9.17) is 19.3 Å². The van der Waals surface area contributed by atoms with Crippen LogP contribution < -0.4 is 25.0 Å². The lowest BCUT2D eigenvalue weighted by Crippen LogP contribution is -2.10. The number of ether oxygens (including phenoxy) is 3. The molecule has 0 unspecified atom stereocenters. The van der Waals surface area contributed by atoms with E-state index in [1.54, 1.807) is 30.5 Å². The molecule has 6 aromatic rings. The fraction of sp³-hybridized carbons (Fsp3) is 0.0968. The first-order valence-electron chi connectivity index (χ1n) is 13.0. The summed E-state index contributed by atoms with van der Waals surface area (Å²) in [5, 5.41) is 12.8. The number of hydrogen-bond acceptors (Lipinski definition) is 9. The van der Waals surface area contributed by atoms with Gasteiger partial charge in [0.25, 0.3) is 0 Å². The first-order chi connectivity index (χ1) is 20.9.